The minimum absolute atomic E-state index is 0.707. The molecule has 1 rings (SSSR count). The Labute approximate surface area is 82.7 Å². The maximum Gasteiger partial charge on any atom is 0.0199 e. The van der Waals surface area contributed by atoms with Crippen LogP contribution < -0.4 is 5.32 Å². The van der Waals surface area contributed by atoms with Crippen molar-refractivity contribution in [3.8, 4) is 0 Å². The normalized spacial score (nSPS) is 35.3. The first-order valence-electron chi connectivity index (χ1n) is 5.56. The van der Waals surface area contributed by atoms with E-state index < -0.39 is 0 Å². The predicted octanol–water partition coefficient (Wildman–Crippen LogP) is 1.71. The van der Waals surface area contributed by atoms with Gasteiger partial charge in [0.2, 0.25) is 0 Å². The molecule has 0 aromatic carbocycles. The Bertz CT molecular complexity index is 137. The highest BCUT2D eigenvalue weighted by Gasteiger charge is 2.23. The van der Waals surface area contributed by atoms with Gasteiger partial charge in [-0.3, -0.25) is 0 Å². The van der Waals surface area contributed by atoms with E-state index in [9.17, 15) is 0 Å². The third-order valence-corrected chi connectivity index (χ3v) is 3.03. The Hall–Kier alpha value is -0.0800. The molecule has 1 fully saturated rings. The molecule has 0 aromatic heterocycles. The van der Waals surface area contributed by atoms with Crippen LogP contribution in [0.1, 0.15) is 33.6 Å². The topological polar surface area (TPSA) is 15.3 Å². The monoisotopic (exact) mass is 184 g/mol. The Morgan fingerprint density at radius 3 is 2.54 bits per heavy atom. The second-order valence-corrected chi connectivity index (χ2v) is 4.70. The standard InChI is InChI=1S/C11H24N2/c1-5-13(4)8-11-7-9(2)6-10(3)12-11/h9-12H,5-8H2,1-4H3. The lowest BCUT2D eigenvalue weighted by molar-refractivity contribution is 0.212. The van der Waals surface area contributed by atoms with Crippen LogP contribution in [-0.2, 0) is 0 Å². The van der Waals surface area contributed by atoms with Crippen molar-refractivity contribution in [1.29, 1.82) is 0 Å². The van der Waals surface area contributed by atoms with E-state index in [0.717, 1.165) is 12.5 Å². The Kier molecular flexibility index (Phi) is 4.20. The largest absolute Gasteiger partial charge is 0.310 e. The lowest BCUT2D eigenvalue weighted by Gasteiger charge is -2.35. The highest BCUT2D eigenvalue weighted by atomic mass is 15.1. The summed E-state index contributed by atoms with van der Waals surface area (Å²) in [5, 5.41) is 3.67. The SMILES string of the molecule is CCN(C)CC1CC(C)CC(C)N1. The summed E-state index contributed by atoms with van der Waals surface area (Å²) in [7, 11) is 2.20. The molecule has 78 valence electrons. The Balaban J connectivity index is 2.32. The van der Waals surface area contributed by atoms with E-state index in [2.05, 4.69) is 38.0 Å². The average molecular weight is 184 g/mol. The molecule has 1 aliphatic heterocycles. The summed E-state index contributed by atoms with van der Waals surface area (Å²) in [6.07, 6.45) is 2.68. The predicted molar refractivity (Wildman–Crippen MR) is 58.0 cm³/mol. The van der Waals surface area contributed by atoms with Crippen molar-refractivity contribution in [2.75, 3.05) is 20.1 Å². The highest BCUT2D eigenvalue weighted by molar-refractivity contribution is 4.82. The van der Waals surface area contributed by atoms with Gasteiger partial charge in [-0.25, -0.2) is 0 Å². The van der Waals surface area contributed by atoms with Gasteiger partial charge in [0.05, 0.1) is 0 Å². The van der Waals surface area contributed by atoms with Crippen LogP contribution >= 0.6 is 0 Å². The Morgan fingerprint density at radius 1 is 1.31 bits per heavy atom. The van der Waals surface area contributed by atoms with Crippen molar-refractivity contribution in [1.82, 2.24) is 10.2 Å². The molecule has 1 aliphatic rings. The van der Waals surface area contributed by atoms with E-state index in [1.807, 2.05) is 0 Å². The summed E-state index contributed by atoms with van der Waals surface area (Å²) < 4.78 is 0. The van der Waals surface area contributed by atoms with Gasteiger partial charge in [-0.05, 0) is 39.3 Å². The van der Waals surface area contributed by atoms with E-state index in [0.29, 0.717) is 12.1 Å². The summed E-state index contributed by atoms with van der Waals surface area (Å²) in [4.78, 5) is 2.39. The van der Waals surface area contributed by atoms with Crippen LogP contribution in [0.25, 0.3) is 0 Å². The van der Waals surface area contributed by atoms with Gasteiger partial charge in [-0.2, -0.15) is 0 Å². The number of hydrogen-bond acceptors (Lipinski definition) is 2. The van der Waals surface area contributed by atoms with Gasteiger partial charge in [0, 0.05) is 18.6 Å². The van der Waals surface area contributed by atoms with Crippen LogP contribution in [0.4, 0.5) is 0 Å². The second kappa shape index (κ2) is 4.97. The van der Waals surface area contributed by atoms with Gasteiger partial charge < -0.3 is 10.2 Å². The molecular weight excluding hydrogens is 160 g/mol. The fourth-order valence-corrected chi connectivity index (χ4v) is 2.36. The molecule has 0 radical (unpaired) electrons. The van der Waals surface area contributed by atoms with E-state index in [4.69, 9.17) is 0 Å². The van der Waals surface area contributed by atoms with Crippen LogP contribution in [0, 0.1) is 5.92 Å². The summed E-state index contributed by atoms with van der Waals surface area (Å²) in [6, 6.07) is 1.42. The fraction of sp³-hybridized carbons (Fsp3) is 1.00. The number of piperidine rings is 1. The quantitative estimate of drug-likeness (QED) is 0.718. The van der Waals surface area contributed by atoms with Crippen molar-refractivity contribution < 1.29 is 0 Å². The molecule has 1 heterocycles. The fourth-order valence-electron chi connectivity index (χ4n) is 2.36. The third-order valence-electron chi connectivity index (χ3n) is 3.03. The van der Waals surface area contributed by atoms with Crippen LogP contribution in [0.3, 0.4) is 0 Å². The zero-order chi connectivity index (χ0) is 9.84. The summed E-state index contributed by atoms with van der Waals surface area (Å²) in [6.45, 7) is 9.24. The number of likely N-dealkylation sites (N-methyl/N-ethyl adjacent to an activating group) is 1. The number of hydrogen-bond donors (Lipinski definition) is 1. The average Bonchev–Trinajstić information content (AvgIpc) is 2.02. The minimum atomic E-state index is 0.707. The molecule has 3 atom stereocenters. The molecule has 2 heteroatoms. The molecular formula is C11H24N2. The maximum atomic E-state index is 3.67. The molecule has 0 aliphatic carbocycles. The number of rotatable bonds is 3. The van der Waals surface area contributed by atoms with Crippen molar-refractivity contribution in [3.05, 3.63) is 0 Å². The molecule has 0 bridgehead atoms. The first-order chi connectivity index (χ1) is 6.11. The molecule has 13 heavy (non-hydrogen) atoms. The van der Waals surface area contributed by atoms with Crippen molar-refractivity contribution >= 4 is 0 Å². The van der Waals surface area contributed by atoms with Gasteiger partial charge in [-0.15, -0.1) is 0 Å². The highest BCUT2D eigenvalue weighted by Crippen LogP contribution is 2.19. The van der Waals surface area contributed by atoms with Crippen LogP contribution in [0.2, 0.25) is 0 Å². The van der Waals surface area contributed by atoms with Crippen molar-refractivity contribution in [2.45, 2.75) is 45.7 Å². The summed E-state index contributed by atoms with van der Waals surface area (Å²) >= 11 is 0. The van der Waals surface area contributed by atoms with Crippen molar-refractivity contribution in [3.63, 3.8) is 0 Å². The van der Waals surface area contributed by atoms with Crippen molar-refractivity contribution in [2.24, 2.45) is 5.92 Å². The Morgan fingerprint density at radius 2 is 2.00 bits per heavy atom. The summed E-state index contributed by atoms with van der Waals surface area (Å²) in [5.41, 5.74) is 0. The lowest BCUT2D eigenvalue weighted by Crippen LogP contribution is -2.48. The van der Waals surface area contributed by atoms with Gasteiger partial charge in [0.25, 0.3) is 0 Å². The molecule has 0 saturated carbocycles. The molecule has 0 spiro atoms. The van der Waals surface area contributed by atoms with Gasteiger partial charge in [0.1, 0.15) is 0 Å². The van der Waals surface area contributed by atoms with Gasteiger partial charge in [0.15, 0.2) is 0 Å². The van der Waals surface area contributed by atoms with Crippen LogP contribution in [-0.4, -0.2) is 37.1 Å². The summed E-state index contributed by atoms with van der Waals surface area (Å²) in [5.74, 6) is 0.895. The molecule has 0 amide bonds. The minimum Gasteiger partial charge on any atom is -0.310 e. The molecule has 1 N–H and O–H groups in total. The smallest absolute Gasteiger partial charge is 0.0199 e. The zero-order valence-electron chi connectivity index (χ0n) is 9.51. The first-order valence-corrected chi connectivity index (χ1v) is 5.56. The third kappa shape index (κ3) is 3.65. The number of nitrogens with one attached hydrogen (secondary N) is 1. The number of nitrogens with zero attached hydrogens (tertiary/aromatic N) is 1. The first kappa shape index (κ1) is 11.0. The van der Waals surface area contributed by atoms with Gasteiger partial charge in [-0.1, -0.05) is 13.8 Å². The second-order valence-electron chi connectivity index (χ2n) is 4.70. The molecule has 1 saturated heterocycles. The van der Waals surface area contributed by atoms with E-state index >= 15 is 0 Å². The van der Waals surface area contributed by atoms with Crippen LogP contribution in [0.15, 0.2) is 0 Å². The lowest BCUT2D eigenvalue weighted by atomic mass is 9.90. The molecule has 2 nitrogen and oxygen atoms in total. The molecule has 3 unspecified atom stereocenters. The van der Waals surface area contributed by atoms with Gasteiger partial charge >= 0.3 is 0 Å². The van der Waals surface area contributed by atoms with E-state index in [-0.39, 0.29) is 0 Å². The maximum absolute atomic E-state index is 3.67. The zero-order valence-corrected chi connectivity index (χ0v) is 9.51. The van der Waals surface area contributed by atoms with E-state index in [1.54, 1.807) is 0 Å². The van der Waals surface area contributed by atoms with E-state index in [1.165, 1.54) is 19.4 Å². The van der Waals surface area contributed by atoms with Crippen LogP contribution in [0.5, 0.6) is 0 Å². The molecule has 0 aromatic rings.